The van der Waals surface area contributed by atoms with Gasteiger partial charge in [0.1, 0.15) is 5.65 Å². The van der Waals surface area contributed by atoms with E-state index in [0.29, 0.717) is 40.0 Å². The van der Waals surface area contributed by atoms with Crippen molar-refractivity contribution < 1.29 is 4.79 Å². The summed E-state index contributed by atoms with van der Waals surface area (Å²) in [7, 11) is 3.01. The van der Waals surface area contributed by atoms with E-state index in [1.807, 2.05) is 12.1 Å². The van der Waals surface area contributed by atoms with Crippen LogP contribution in [0.1, 0.15) is 33.8 Å². The molecule has 4 rings (SSSR count). The van der Waals surface area contributed by atoms with Crippen LogP contribution in [0, 0.1) is 0 Å². The van der Waals surface area contributed by atoms with Crippen molar-refractivity contribution in [1.29, 1.82) is 0 Å². The Bertz CT molecular complexity index is 1180. The van der Waals surface area contributed by atoms with Gasteiger partial charge in [0.25, 0.3) is 5.56 Å². The molecule has 2 aromatic heterocycles. The third-order valence-electron chi connectivity index (χ3n) is 5.10. The van der Waals surface area contributed by atoms with Crippen LogP contribution >= 0.6 is 11.6 Å². The van der Waals surface area contributed by atoms with Gasteiger partial charge in [-0.05, 0) is 35.6 Å². The van der Waals surface area contributed by atoms with Crippen molar-refractivity contribution in [2.24, 2.45) is 14.1 Å². The number of hydrogen-bond donors (Lipinski definition) is 0. The Morgan fingerprint density at radius 3 is 2.42 bits per heavy atom. The van der Waals surface area contributed by atoms with E-state index in [1.54, 1.807) is 19.2 Å². The van der Waals surface area contributed by atoms with Gasteiger partial charge in [0.05, 0.1) is 5.39 Å². The second-order valence-electron chi connectivity index (χ2n) is 6.63. The molecule has 0 spiro atoms. The van der Waals surface area contributed by atoms with Crippen molar-refractivity contribution in [3.63, 3.8) is 0 Å². The number of carbonyl (C=O) groups excluding carboxylic acids is 1. The predicted octanol–water partition coefficient (Wildman–Crippen LogP) is 2.20. The monoisotopic (exact) mass is 369 g/mol. The average Bonchev–Trinajstić information content (AvgIpc) is 2.64. The van der Waals surface area contributed by atoms with Crippen LogP contribution < -0.4 is 11.2 Å². The number of aromatic nitrogens is 3. The fourth-order valence-electron chi connectivity index (χ4n) is 3.66. The van der Waals surface area contributed by atoms with Gasteiger partial charge >= 0.3 is 5.69 Å². The van der Waals surface area contributed by atoms with Crippen molar-refractivity contribution in [3.05, 3.63) is 73.0 Å². The Kier molecular flexibility index (Phi) is 3.80. The second kappa shape index (κ2) is 5.92. The van der Waals surface area contributed by atoms with Crippen LogP contribution in [0.4, 0.5) is 0 Å². The highest BCUT2D eigenvalue weighted by Gasteiger charge is 2.30. The molecule has 1 aromatic carbocycles. The lowest BCUT2D eigenvalue weighted by atomic mass is 9.79. The Balaban J connectivity index is 1.97. The minimum Gasteiger partial charge on any atom is -0.294 e. The van der Waals surface area contributed by atoms with Gasteiger partial charge in [-0.25, -0.2) is 9.78 Å². The Morgan fingerprint density at radius 2 is 1.73 bits per heavy atom. The molecular formula is C19H16ClN3O3. The third kappa shape index (κ3) is 2.41. The maximum atomic E-state index is 12.7. The zero-order valence-corrected chi connectivity index (χ0v) is 15.1. The van der Waals surface area contributed by atoms with Crippen molar-refractivity contribution in [2.75, 3.05) is 0 Å². The second-order valence-corrected chi connectivity index (χ2v) is 7.07. The van der Waals surface area contributed by atoms with Gasteiger partial charge in [-0.1, -0.05) is 23.7 Å². The summed E-state index contributed by atoms with van der Waals surface area (Å²) in [4.78, 5) is 41.8. The van der Waals surface area contributed by atoms with E-state index >= 15 is 0 Å². The molecule has 0 aliphatic heterocycles. The topological polar surface area (TPSA) is 74.0 Å². The summed E-state index contributed by atoms with van der Waals surface area (Å²) in [5.74, 6) is -0.0867. The number of benzene rings is 1. The number of hydrogen-bond acceptors (Lipinski definition) is 4. The number of fused-ring (bicyclic) bond motifs is 3. The number of aryl methyl sites for hydroxylation is 1. The molecular weight excluding hydrogens is 354 g/mol. The van der Waals surface area contributed by atoms with Crippen LogP contribution in [-0.4, -0.2) is 19.9 Å². The van der Waals surface area contributed by atoms with Gasteiger partial charge in [-0.3, -0.25) is 18.7 Å². The molecule has 3 aromatic rings. The summed E-state index contributed by atoms with van der Waals surface area (Å²) in [5.41, 5.74) is 1.59. The minimum atomic E-state index is -0.439. The van der Waals surface area contributed by atoms with E-state index < -0.39 is 11.2 Å². The molecule has 0 radical (unpaired) electrons. The van der Waals surface area contributed by atoms with E-state index in [0.717, 1.165) is 10.1 Å². The van der Waals surface area contributed by atoms with Gasteiger partial charge < -0.3 is 0 Å². The summed E-state index contributed by atoms with van der Waals surface area (Å²) in [6, 6.07) is 7.40. The maximum absolute atomic E-state index is 12.7. The molecule has 1 aliphatic carbocycles. The van der Waals surface area contributed by atoms with Crippen molar-refractivity contribution in [3.8, 4) is 0 Å². The predicted molar refractivity (Wildman–Crippen MR) is 99.1 cm³/mol. The van der Waals surface area contributed by atoms with Crippen LogP contribution in [0.2, 0.25) is 5.02 Å². The van der Waals surface area contributed by atoms with Crippen molar-refractivity contribution in [2.45, 2.75) is 18.8 Å². The number of Topliss-reactive ketones (excluding diaryl/α,β-unsaturated/α-hetero) is 1. The van der Waals surface area contributed by atoms with Gasteiger partial charge in [0.15, 0.2) is 5.78 Å². The molecule has 0 N–H and O–H groups in total. The van der Waals surface area contributed by atoms with E-state index in [4.69, 9.17) is 11.6 Å². The van der Waals surface area contributed by atoms with E-state index in [9.17, 15) is 14.4 Å². The van der Waals surface area contributed by atoms with Crippen LogP contribution in [0.5, 0.6) is 0 Å². The number of pyridine rings is 1. The number of carbonyl (C=O) groups is 1. The summed E-state index contributed by atoms with van der Waals surface area (Å²) in [6.45, 7) is 0. The first-order valence-electron chi connectivity index (χ1n) is 8.24. The molecule has 1 unspecified atom stereocenters. The first-order chi connectivity index (χ1) is 12.4. The summed E-state index contributed by atoms with van der Waals surface area (Å²) in [6.07, 6.45) is 2.38. The quantitative estimate of drug-likeness (QED) is 0.659. The zero-order chi connectivity index (χ0) is 18.6. The molecule has 0 amide bonds. The molecule has 0 saturated carbocycles. The fourth-order valence-corrected chi connectivity index (χ4v) is 3.79. The fraction of sp³-hybridized carbons (Fsp3) is 0.263. The molecule has 2 heterocycles. The lowest BCUT2D eigenvalue weighted by molar-refractivity contribution is 0.0964. The lowest BCUT2D eigenvalue weighted by Crippen LogP contribution is -2.38. The lowest BCUT2D eigenvalue weighted by Gasteiger charge is -2.25. The van der Waals surface area contributed by atoms with Gasteiger partial charge in [0.2, 0.25) is 0 Å². The summed E-state index contributed by atoms with van der Waals surface area (Å²) < 4.78 is 2.40. The van der Waals surface area contributed by atoms with E-state index in [-0.39, 0.29) is 11.7 Å². The highest BCUT2D eigenvalue weighted by atomic mass is 35.5. The molecule has 7 heteroatoms. The SMILES string of the molecule is Cn1c(=O)c2c3c(cnc2n(C)c1=O)C(=O)CC(c1ccc(Cl)cc1)C3. The molecule has 132 valence electrons. The average molecular weight is 370 g/mol. The first kappa shape index (κ1) is 16.7. The molecule has 26 heavy (non-hydrogen) atoms. The smallest absolute Gasteiger partial charge is 0.294 e. The van der Waals surface area contributed by atoms with Crippen LogP contribution in [-0.2, 0) is 20.5 Å². The molecule has 0 bridgehead atoms. The van der Waals surface area contributed by atoms with Gasteiger partial charge in [-0.15, -0.1) is 0 Å². The van der Waals surface area contributed by atoms with Crippen LogP contribution in [0.3, 0.4) is 0 Å². The van der Waals surface area contributed by atoms with Crippen LogP contribution in [0.15, 0.2) is 40.1 Å². The normalized spacial score (nSPS) is 16.7. The van der Waals surface area contributed by atoms with Crippen molar-refractivity contribution in [1.82, 2.24) is 14.1 Å². The Labute approximate surface area is 153 Å². The maximum Gasteiger partial charge on any atom is 0.332 e. The first-order valence-corrected chi connectivity index (χ1v) is 8.62. The Morgan fingerprint density at radius 1 is 1.04 bits per heavy atom. The van der Waals surface area contributed by atoms with Gasteiger partial charge in [-0.2, -0.15) is 0 Å². The number of nitrogens with zero attached hydrogens (tertiary/aromatic N) is 3. The minimum absolute atomic E-state index is 0.0418. The summed E-state index contributed by atoms with van der Waals surface area (Å²) >= 11 is 5.96. The van der Waals surface area contributed by atoms with E-state index in [1.165, 1.54) is 17.8 Å². The van der Waals surface area contributed by atoms with Gasteiger partial charge in [0, 0.05) is 37.3 Å². The Hall–Kier alpha value is -2.73. The third-order valence-corrected chi connectivity index (χ3v) is 5.35. The number of halogens is 1. The largest absolute Gasteiger partial charge is 0.332 e. The van der Waals surface area contributed by atoms with Crippen molar-refractivity contribution >= 4 is 28.4 Å². The highest BCUT2D eigenvalue weighted by molar-refractivity contribution is 6.30. The zero-order valence-electron chi connectivity index (χ0n) is 14.3. The molecule has 0 saturated heterocycles. The number of rotatable bonds is 1. The summed E-state index contributed by atoms with van der Waals surface area (Å²) in [5, 5.41) is 0.980. The van der Waals surface area contributed by atoms with Crippen LogP contribution in [0.25, 0.3) is 11.0 Å². The molecule has 1 atom stereocenters. The molecule has 6 nitrogen and oxygen atoms in total. The number of ketones is 1. The molecule has 0 fully saturated rings. The molecule has 1 aliphatic rings. The standard InChI is InChI=1S/C19H16ClN3O3/c1-22-17-16(18(25)23(2)19(22)26)13-7-11(8-15(24)14(13)9-21-17)10-3-5-12(20)6-4-10/h3-6,9,11H,7-8H2,1-2H3. The highest BCUT2D eigenvalue weighted by Crippen LogP contribution is 2.35. The van der Waals surface area contributed by atoms with E-state index in [2.05, 4.69) is 4.98 Å².